The molecule has 1 saturated heterocycles. The highest BCUT2D eigenvalue weighted by Gasteiger charge is 2.39. The van der Waals surface area contributed by atoms with Crippen molar-refractivity contribution in [2.45, 2.75) is 39.4 Å². The molecule has 1 fully saturated rings. The van der Waals surface area contributed by atoms with Crippen LogP contribution < -0.4 is 4.74 Å². The van der Waals surface area contributed by atoms with Crippen molar-refractivity contribution in [2.75, 3.05) is 7.11 Å². The Morgan fingerprint density at radius 2 is 2.12 bits per heavy atom. The van der Waals surface area contributed by atoms with Gasteiger partial charge in [0.15, 0.2) is 0 Å². The molecular weight excluding hydrogens is 200 g/mol. The molecule has 1 aromatic rings. The first-order chi connectivity index (χ1) is 7.63. The Labute approximate surface area is 97.6 Å². The van der Waals surface area contributed by atoms with Gasteiger partial charge >= 0.3 is 0 Å². The van der Waals surface area contributed by atoms with E-state index in [1.165, 1.54) is 11.1 Å². The molecule has 0 aromatic heterocycles. The lowest BCUT2D eigenvalue weighted by Crippen LogP contribution is -2.10. The molecule has 0 spiro atoms. The van der Waals surface area contributed by atoms with Crippen LogP contribution in [0.15, 0.2) is 18.2 Å². The average molecular weight is 220 g/mol. The van der Waals surface area contributed by atoms with E-state index in [2.05, 4.69) is 26.8 Å². The monoisotopic (exact) mass is 220 g/mol. The van der Waals surface area contributed by atoms with Crippen LogP contribution >= 0.6 is 0 Å². The summed E-state index contributed by atoms with van der Waals surface area (Å²) in [7, 11) is 1.74. The van der Waals surface area contributed by atoms with E-state index in [1.807, 2.05) is 12.1 Å². The van der Waals surface area contributed by atoms with Crippen LogP contribution in [0.1, 0.15) is 25.0 Å². The summed E-state index contributed by atoms with van der Waals surface area (Å²) in [4.78, 5) is 0. The fourth-order valence-corrected chi connectivity index (χ4v) is 2.37. The Hall–Kier alpha value is -1.02. The van der Waals surface area contributed by atoms with Crippen LogP contribution in [-0.2, 0) is 11.2 Å². The molecule has 0 N–H and O–H groups in total. The first kappa shape index (κ1) is 11.5. The number of methoxy groups -OCH3 is 1. The zero-order chi connectivity index (χ0) is 11.7. The third-order valence-electron chi connectivity index (χ3n) is 3.43. The fourth-order valence-electron chi connectivity index (χ4n) is 2.37. The van der Waals surface area contributed by atoms with Gasteiger partial charge in [-0.15, -0.1) is 0 Å². The number of hydrogen-bond acceptors (Lipinski definition) is 2. The molecular formula is C14H20O2. The van der Waals surface area contributed by atoms with E-state index in [0.717, 1.165) is 12.2 Å². The topological polar surface area (TPSA) is 21.8 Å². The third kappa shape index (κ3) is 2.22. The SMILES string of the molecule is COc1cccc(C)c1CC(C)C1OC1C. The molecule has 2 heteroatoms. The van der Waals surface area contributed by atoms with Crippen molar-refractivity contribution in [3.8, 4) is 5.75 Å². The highest BCUT2D eigenvalue weighted by molar-refractivity contribution is 5.40. The molecule has 0 aliphatic carbocycles. The fraction of sp³-hybridized carbons (Fsp3) is 0.571. The molecule has 3 atom stereocenters. The van der Waals surface area contributed by atoms with Crippen molar-refractivity contribution in [3.05, 3.63) is 29.3 Å². The molecule has 16 heavy (non-hydrogen) atoms. The highest BCUT2D eigenvalue weighted by Crippen LogP contribution is 2.33. The molecule has 0 radical (unpaired) electrons. The van der Waals surface area contributed by atoms with Gasteiger partial charge in [-0.3, -0.25) is 0 Å². The molecule has 0 saturated carbocycles. The molecule has 1 aliphatic rings. The van der Waals surface area contributed by atoms with Crippen LogP contribution in [0.2, 0.25) is 0 Å². The molecule has 2 rings (SSSR count). The average Bonchev–Trinajstić information content (AvgIpc) is 2.98. The van der Waals surface area contributed by atoms with Crippen LogP contribution in [0.4, 0.5) is 0 Å². The van der Waals surface area contributed by atoms with Crippen molar-refractivity contribution in [2.24, 2.45) is 5.92 Å². The third-order valence-corrected chi connectivity index (χ3v) is 3.43. The van der Waals surface area contributed by atoms with Crippen LogP contribution in [0.25, 0.3) is 0 Å². The predicted molar refractivity (Wildman–Crippen MR) is 64.9 cm³/mol. The summed E-state index contributed by atoms with van der Waals surface area (Å²) in [5.74, 6) is 1.56. The molecule has 0 amide bonds. The quantitative estimate of drug-likeness (QED) is 0.728. The Bertz CT molecular complexity index is 373. The van der Waals surface area contributed by atoms with Gasteiger partial charge in [-0.2, -0.15) is 0 Å². The second kappa shape index (κ2) is 4.46. The van der Waals surface area contributed by atoms with Gasteiger partial charge in [0.25, 0.3) is 0 Å². The number of hydrogen-bond donors (Lipinski definition) is 0. The van der Waals surface area contributed by atoms with E-state index in [0.29, 0.717) is 18.1 Å². The molecule has 2 nitrogen and oxygen atoms in total. The first-order valence-electron chi connectivity index (χ1n) is 5.91. The lowest BCUT2D eigenvalue weighted by molar-refractivity contribution is 0.325. The molecule has 0 bridgehead atoms. The number of ether oxygens (including phenoxy) is 2. The summed E-state index contributed by atoms with van der Waals surface area (Å²) in [6, 6.07) is 6.21. The summed E-state index contributed by atoms with van der Waals surface area (Å²) in [5.41, 5.74) is 2.62. The zero-order valence-corrected chi connectivity index (χ0v) is 10.5. The van der Waals surface area contributed by atoms with Crippen LogP contribution in [0.5, 0.6) is 5.75 Å². The number of aryl methyl sites for hydroxylation is 1. The van der Waals surface area contributed by atoms with Gasteiger partial charge in [0.2, 0.25) is 0 Å². The Morgan fingerprint density at radius 3 is 2.69 bits per heavy atom. The standard InChI is InChI=1S/C14H20O2/c1-9-6-5-7-13(15-4)12(9)8-10(2)14-11(3)16-14/h5-7,10-11,14H,8H2,1-4H3. The molecule has 88 valence electrons. The smallest absolute Gasteiger partial charge is 0.122 e. The summed E-state index contributed by atoms with van der Waals surface area (Å²) < 4.78 is 10.9. The van der Waals surface area contributed by atoms with Crippen molar-refractivity contribution in [1.82, 2.24) is 0 Å². The van der Waals surface area contributed by atoms with Gasteiger partial charge in [0.1, 0.15) is 5.75 Å². The molecule has 1 heterocycles. The minimum atomic E-state index is 0.435. The summed E-state index contributed by atoms with van der Waals surface area (Å²) in [6.07, 6.45) is 1.90. The maximum Gasteiger partial charge on any atom is 0.122 e. The second-order valence-electron chi connectivity index (χ2n) is 4.74. The number of epoxide rings is 1. The lowest BCUT2D eigenvalue weighted by atomic mass is 9.93. The summed E-state index contributed by atoms with van der Waals surface area (Å²) in [6.45, 7) is 6.53. The maximum absolute atomic E-state index is 5.52. The normalized spacial score (nSPS) is 25.2. The molecule has 1 aromatic carbocycles. The molecule has 3 unspecified atom stereocenters. The van der Waals surface area contributed by atoms with E-state index in [4.69, 9.17) is 9.47 Å². The van der Waals surface area contributed by atoms with Gasteiger partial charge in [0.05, 0.1) is 19.3 Å². The highest BCUT2D eigenvalue weighted by atomic mass is 16.6. The van der Waals surface area contributed by atoms with Crippen molar-refractivity contribution in [3.63, 3.8) is 0 Å². The Balaban J connectivity index is 2.13. The van der Waals surface area contributed by atoms with Crippen molar-refractivity contribution in [1.29, 1.82) is 0 Å². The van der Waals surface area contributed by atoms with E-state index >= 15 is 0 Å². The van der Waals surface area contributed by atoms with Gasteiger partial charge in [-0.1, -0.05) is 19.1 Å². The number of rotatable bonds is 4. The van der Waals surface area contributed by atoms with E-state index in [-0.39, 0.29) is 0 Å². The van der Waals surface area contributed by atoms with Gasteiger partial charge in [-0.05, 0) is 43.4 Å². The minimum absolute atomic E-state index is 0.435. The van der Waals surface area contributed by atoms with Gasteiger partial charge in [0, 0.05) is 0 Å². The van der Waals surface area contributed by atoms with Gasteiger partial charge < -0.3 is 9.47 Å². The van der Waals surface area contributed by atoms with Crippen molar-refractivity contribution >= 4 is 0 Å². The largest absolute Gasteiger partial charge is 0.496 e. The Kier molecular flexibility index (Phi) is 3.20. The summed E-state index contributed by atoms with van der Waals surface area (Å²) >= 11 is 0. The van der Waals surface area contributed by atoms with Crippen LogP contribution in [-0.4, -0.2) is 19.3 Å². The van der Waals surface area contributed by atoms with Crippen LogP contribution in [0, 0.1) is 12.8 Å². The number of benzene rings is 1. The minimum Gasteiger partial charge on any atom is -0.496 e. The van der Waals surface area contributed by atoms with Crippen molar-refractivity contribution < 1.29 is 9.47 Å². The predicted octanol–water partition coefficient (Wildman–Crippen LogP) is 2.97. The van der Waals surface area contributed by atoms with Gasteiger partial charge in [-0.25, -0.2) is 0 Å². The molecule has 1 aliphatic heterocycles. The Morgan fingerprint density at radius 1 is 1.44 bits per heavy atom. The summed E-state index contributed by atoms with van der Waals surface area (Å²) in [5, 5.41) is 0. The lowest BCUT2D eigenvalue weighted by Gasteiger charge is -2.14. The van der Waals surface area contributed by atoms with Crippen LogP contribution in [0.3, 0.4) is 0 Å². The van der Waals surface area contributed by atoms with E-state index in [1.54, 1.807) is 7.11 Å². The second-order valence-corrected chi connectivity index (χ2v) is 4.74. The zero-order valence-electron chi connectivity index (χ0n) is 10.5. The first-order valence-corrected chi connectivity index (χ1v) is 5.91. The maximum atomic E-state index is 5.52. The van der Waals surface area contributed by atoms with E-state index in [9.17, 15) is 0 Å². The van der Waals surface area contributed by atoms with E-state index < -0.39 is 0 Å².